The summed E-state index contributed by atoms with van der Waals surface area (Å²) in [5.74, 6) is -0.463. The standard InChI is InChI=1S/C16H14O3/c1-11-7-3-4-8-12(11)15(17)13-9-5-6-10-14(13)16(18)19-2/h3-10,17H,1H2,2H3. The highest BCUT2D eigenvalue weighted by Crippen LogP contribution is 2.15. The molecule has 19 heavy (non-hydrogen) atoms. The molecule has 0 spiro atoms. The smallest absolute Gasteiger partial charge is 0.338 e. The molecule has 2 rings (SSSR count). The van der Waals surface area contributed by atoms with Crippen LogP contribution in [0, 0.1) is 0 Å². The largest absolute Gasteiger partial charge is 0.507 e. The van der Waals surface area contributed by atoms with Crippen molar-refractivity contribution in [1.82, 2.24) is 0 Å². The third-order valence-electron chi connectivity index (χ3n) is 2.86. The van der Waals surface area contributed by atoms with Gasteiger partial charge in [-0.1, -0.05) is 49.0 Å². The average molecular weight is 254 g/mol. The van der Waals surface area contributed by atoms with Crippen LogP contribution < -0.4 is 10.4 Å². The zero-order valence-corrected chi connectivity index (χ0v) is 10.6. The van der Waals surface area contributed by atoms with Gasteiger partial charge in [-0.05, 0) is 11.3 Å². The van der Waals surface area contributed by atoms with E-state index in [0.717, 1.165) is 0 Å². The van der Waals surface area contributed by atoms with Gasteiger partial charge in [-0.25, -0.2) is 4.79 Å². The lowest BCUT2D eigenvalue weighted by molar-refractivity contribution is 0.0600. The molecule has 3 heteroatoms. The van der Waals surface area contributed by atoms with Crippen LogP contribution >= 0.6 is 0 Å². The monoisotopic (exact) mass is 254 g/mol. The van der Waals surface area contributed by atoms with Crippen molar-refractivity contribution in [1.29, 1.82) is 0 Å². The van der Waals surface area contributed by atoms with Crippen molar-refractivity contribution in [3.63, 3.8) is 0 Å². The summed E-state index contributed by atoms with van der Waals surface area (Å²) >= 11 is 0. The van der Waals surface area contributed by atoms with Crippen LogP contribution in [0.5, 0.6) is 0 Å². The number of aliphatic hydroxyl groups is 1. The van der Waals surface area contributed by atoms with E-state index in [0.29, 0.717) is 21.6 Å². The van der Waals surface area contributed by atoms with Crippen molar-refractivity contribution in [3.8, 4) is 0 Å². The van der Waals surface area contributed by atoms with Gasteiger partial charge in [0.15, 0.2) is 0 Å². The third-order valence-corrected chi connectivity index (χ3v) is 2.86. The number of hydrogen-bond donors (Lipinski definition) is 1. The van der Waals surface area contributed by atoms with Crippen LogP contribution in [-0.4, -0.2) is 18.2 Å². The lowest BCUT2D eigenvalue weighted by atomic mass is 10.0. The molecule has 0 atom stereocenters. The number of benzene rings is 2. The van der Waals surface area contributed by atoms with Gasteiger partial charge in [0.2, 0.25) is 0 Å². The normalized spacial score (nSPS) is 11.8. The number of esters is 1. The van der Waals surface area contributed by atoms with E-state index in [4.69, 9.17) is 4.74 Å². The SMILES string of the molecule is C=c1ccccc1=C(O)c1ccccc1C(=O)OC. The van der Waals surface area contributed by atoms with Gasteiger partial charge in [-0.3, -0.25) is 0 Å². The molecule has 0 saturated carbocycles. The average Bonchev–Trinajstić information content (AvgIpc) is 2.46. The minimum absolute atomic E-state index is 0.0200. The Bertz CT molecular complexity index is 717. The highest BCUT2D eigenvalue weighted by molar-refractivity contribution is 5.94. The van der Waals surface area contributed by atoms with Gasteiger partial charge in [0.1, 0.15) is 5.76 Å². The van der Waals surface area contributed by atoms with Crippen molar-refractivity contribution in [2.75, 3.05) is 7.11 Å². The van der Waals surface area contributed by atoms with Gasteiger partial charge in [0.25, 0.3) is 0 Å². The van der Waals surface area contributed by atoms with Crippen LogP contribution in [0.15, 0.2) is 48.5 Å². The zero-order chi connectivity index (χ0) is 13.8. The van der Waals surface area contributed by atoms with Gasteiger partial charge in [0.05, 0.1) is 12.7 Å². The van der Waals surface area contributed by atoms with Gasteiger partial charge < -0.3 is 9.84 Å². The molecule has 0 aliphatic heterocycles. The molecule has 2 aromatic rings. The summed E-state index contributed by atoms with van der Waals surface area (Å²) in [7, 11) is 1.31. The van der Waals surface area contributed by atoms with E-state index in [2.05, 4.69) is 6.58 Å². The van der Waals surface area contributed by atoms with Crippen molar-refractivity contribution in [3.05, 3.63) is 70.1 Å². The Balaban J connectivity index is 2.74. The van der Waals surface area contributed by atoms with E-state index in [-0.39, 0.29) is 5.76 Å². The van der Waals surface area contributed by atoms with Crippen LogP contribution in [0.25, 0.3) is 12.3 Å². The lowest BCUT2D eigenvalue weighted by Crippen LogP contribution is -2.26. The highest BCUT2D eigenvalue weighted by atomic mass is 16.5. The Morgan fingerprint density at radius 1 is 1.05 bits per heavy atom. The maximum absolute atomic E-state index is 11.7. The molecule has 0 aromatic heterocycles. The number of rotatable bonds is 2. The highest BCUT2D eigenvalue weighted by Gasteiger charge is 2.14. The van der Waals surface area contributed by atoms with Crippen LogP contribution in [0.1, 0.15) is 15.9 Å². The molecular formula is C16H14O3. The second-order valence-electron chi connectivity index (χ2n) is 4.04. The number of carbonyl (C=O) groups excluding carboxylic acids is 1. The predicted molar refractivity (Wildman–Crippen MR) is 74.1 cm³/mol. The maximum atomic E-state index is 11.7. The van der Waals surface area contributed by atoms with Crippen molar-refractivity contribution >= 4 is 18.3 Å². The molecule has 2 aromatic carbocycles. The summed E-state index contributed by atoms with van der Waals surface area (Å²) in [5, 5.41) is 11.7. The summed E-state index contributed by atoms with van der Waals surface area (Å²) in [6, 6.07) is 14.0. The Morgan fingerprint density at radius 2 is 1.63 bits per heavy atom. The molecule has 96 valence electrons. The first-order valence-electron chi connectivity index (χ1n) is 5.80. The molecule has 0 radical (unpaired) electrons. The molecule has 0 saturated heterocycles. The fraction of sp³-hybridized carbons (Fsp3) is 0.0625. The van der Waals surface area contributed by atoms with Gasteiger partial charge in [0, 0.05) is 10.8 Å². The fourth-order valence-corrected chi connectivity index (χ4v) is 1.87. The molecular weight excluding hydrogens is 240 g/mol. The molecule has 0 amide bonds. The minimum Gasteiger partial charge on any atom is -0.507 e. The summed E-state index contributed by atoms with van der Waals surface area (Å²) < 4.78 is 4.71. The summed E-state index contributed by atoms with van der Waals surface area (Å²) in [6.45, 7) is 3.86. The topological polar surface area (TPSA) is 46.5 Å². The predicted octanol–water partition coefficient (Wildman–Crippen LogP) is 1.60. The van der Waals surface area contributed by atoms with E-state index in [1.54, 1.807) is 42.5 Å². The number of ether oxygens (including phenoxy) is 1. The van der Waals surface area contributed by atoms with Crippen LogP contribution in [0.3, 0.4) is 0 Å². The third kappa shape index (κ3) is 2.50. The van der Waals surface area contributed by atoms with Crippen LogP contribution in [0.2, 0.25) is 0 Å². The second-order valence-corrected chi connectivity index (χ2v) is 4.04. The quantitative estimate of drug-likeness (QED) is 0.828. The van der Waals surface area contributed by atoms with E-state index in [1.165, 1.54) is 7.11 Å². The molecule has 0 fully saturated rings. The van der Waals surface area contributed by atoms with E-state index in [9.17, 15) is 9.90 Å². The van der Waals surface area contributed by atoms with Crippen LogP contribution in [-0.2, 0) is 4.74 Å². The van der Waals surface area contributed by atoms with Crippen molar-refractivity contribution in [2.24, 2.45) is 0 Å². The Hall–Kier alpha value is -2.55. The van der Waals surface area contributed by atoms with Gasteiger partial charge >= 0.3 is 5.97 Å². The number of aliphatic hydroxyl groups excluding tert-OH is 1. The molecule has 0 aliphatic carbocycles. The maximum Gasteiger partial charge on any atom is 0.338 e. The molecule has 0 aliphatic rings. The fourth-order valence-electron chi connectivity index (χ4n) is 1.87. The van der Waals surface area contributed by atoms with E-state index >= 15 is 0 Å². The summed E-state index contributed by atoms with van der Waals surface area (Å²) in [6.07, 6.45) is 0. The van der Waals surface area contributed by atoms with Gasteiger partial charge in [-0.15, -0.1) is 0 Å². The molecule has 0 unspecified atom stereocenters. The van der Waals surface area contributed by atoms with E-state index in [1.807, 2.05) is 6.07 Å². The van der Waals surface area contributed by atoms with Crippen LogP contribution in [0.4, 0.5) is 0 Å². The first-order chi connectivity index (χ1) is 9.15. The first-order valence-corrected chi connectivity index (χ1v) is 5.80. The molecule has 0 bridgehead atoms. The van der Waals surface area contributed by atoms with Crippen molar-refractivity contribution < 1.29 is 14.6 Å². The number of hydrogen-bond acceptors (Lipinski definition) is 3. The second kappa shape index (κ2) is 5.40. The van der Waals surface area contributed by atoms with Gasteiger partial charge in [-0.2, -0.15) is 0 Å². The zero-order valence-electron chi connectivity index (χ0n) is 10.6. The number of carbonyl (C=O) groups is 1. The van der Waals surface area contributed by atoms with Crippen molar-refractivity contribution in [2.45, 2.75) is 0 Å². The molecule has 3 nitrogen and oxygen atoms in total. The molecule has 1 N–H and O–H groups in total. The van der Waals surface area contributed by atoms with E-state index < -0.39 is 5.97 Å². The molecule has 0 heterocycles. The number of methoxy groups -OCH3 is 1. The Labute approximate surface area is 111 Å². The Morgan fingerprint density at radius 3 is 2.26 bits per heavy atom. The summed E-state index contributed by atoms with van der Waals surface area (Å²) in [4.78, 5) is 11.7. The lowest BCUT2D eigenvalue weighted by Gasteiger charge is -2.07. The minimum atomic E-state index is -0.483. The summed E-state index contributed by atoms with van der Waals surface area (Å²) in [5.41, 5.74) is 0.760. The Kier molecular flexibility index (Phi) is 3.66. The first kappa shape index (κ1) is 12.9.